The van der Waals surface area contributed by atoms with Gasteiger partial charge in [-0.15, -0.1) is 11.3 Å². The fourth-order valence-corrected chi connectivity index (χ4v) is 5.26. The monoisotopic (exact) mass is 514 g/mol. The quantitative estimate of drug-likeness (QED) is 0.340. The van der Waals surface area contributed by atoms with Crippen LogP contribution in [-0.4, -0.2) is 26.8 Å². The third kappa shape index (κ3) is 5.29. The van der Waals surface area contributed by atoms with Gasteiger partial charge in [0.2, 0.25) is 17.8 Å². The fourth-order valence-electron chi connectivity index (χ4n) is 4.38. The van der Waals surface area contributed by atoms with E-state index in [-0.39, 0.29) is 36.7 Å². The summed E-state index contributed by atoms with van der Waals surface area (Å²) >= 11 is 1.51. The second-order valence-corrected chi connectivity index (χ2v) is 9.83. The maximum absolute atomic E-state index is 13.3. The van der Waals surface area contributed by atoms with Crippen LogP contribution in [0.4, 0.5) is 23.3 Å². The topological polar surface area (TPSA) is 123 Å². The first-order valence-electron chi connectivity index (χ1n) is 11.8. The number of esters is 1. The second-order valence-electron chi connectivity index (χ2n) is 8.85. The standard InChI is InChI=1S/C27H26N6O3S/c1-16-9-11-18(12-10-16)33-23(34)14-19(24(33)21-8-5-13-37-21)25(35)36-15-22-30-26(28)32-27(31-22)29-20-7-4-3-6-17(20)2/h3-13,19,24H,14-15H2,1-2H3,(H3,28,29,30,31,32)/t19-,24-/m1/s1. The Bertz CT molecular complexity index is 1420. The highest BCUT2D eigenvalue weighted by Crippen LogP contribution is 2.43. The number of hydrogen-bond acceptors (Lipinski definition) is 9. The van der Waals surface area contributed by atoms with Crippen molar-refractivity contribution in [3.05, 3.63) is 87.9 Å². The van der Waals surface area contributed by atoms with E-state index in [1.165, 1.54) is 11.3 Å². The number of benzene rings is 2. The summed E-state index contributed by atoms with van der Waals surface area (Å²) in [6.45, 7) is 3.76. The molecule has 2 aromatic heterocycles. The molecule has 0 aliphatic carbocycles. The Kier molecular flexibility index (Phi) is 6.82. The molecule has 0 spiro atoms. The number of nitrogens with two attached hydrogens (primary N) is 1. The van der Waals surface area contributed by atoms with E-state index in [1.54, 1.807) is 4.90 Å². The Balaban J connectivity index is 1.34. The van der Waals surface area contributed by atoms with Gasteiger partial charge in [0.25, 0.3) is 0 Å². The average molecular weight is 515 g/mol. The van der Waals surface area contributed by atoms with Gasteiger partial charge in [0.15, 0.2) is 12.4 Å². The molecule has 0 saturated carbocycles. The summed E-state index contributed by atoms with van der Waals surface area (Å²) in [5.41, 5.74) is 9.57. The first kappa shape index (κ1) is 24.4. The minimum atomic E-state index is -0.670. The number of hydrogen-bond donors (Lipinski definition) is 2. The largest absolute Gasteiger partial charge is 0.457 e. The van der Waals surface area contributed by atoms with Crippen LogP contribution in [0.1, 0.15) is 34.3 Å². The van der Waals surface area contributed by atoms with Crippen LogP contribution < -0.4 is 16.0 Å². The Morgan fingerprint density at radius 1 is 1.08 bits per heavy atom. The van der Waals surface area contributed by atoms with Gasteiger partial charge in [0.1, 0.15) is 0 Å². The summed E-state index contributed by atoms with van der Waals surface area (Å²) in [6, 6.07) is 18.8. The molecule has 37 heavy (non-hydrogen) atoms. The summed E-state index contributed by atoms with van der Waals surface area (Å²) in [5, 5.41) is 5.06. The van der Waals surface area contributed by atoms with Gasteiger partial charge in [-0.2, -0.15) is 15.0 Å². The van der Waals surface area contributed by atoms with E-state index in [0.29, 0.717) is 0 Å². The molecule has 1 saturated heterocycles. The minimum Gasteiger partial charge on any atom is -0.457 e. The number of carbonyl (C=O) groups is 2. The molecule has 0 bridgehead atoms. The molecule has 188 valence electrons. The molecular formula is C27H26N6O3S. The number of ether oxygens (including phenoxy) is 1. The smallest absolute Gasteiger partial charge is 0.312 e. The number of aryl methyl sites for hydroxylation is 2. The summed E-state index contributed by atoms with van der Waals surface area (Å²) < 4.78 is 5.63. The molecule has 10 heteroatoms. The highest BCUT2D eigenvalue weighted by Gasteiger charge is 2.46. The number of para-hydroxylation sites is 1. The van der Waals surface area contributed by atoms with Gasteiger partial charge in [0, 0.05) is 22.7 Å². The van der Waals surface area contributed by atoms with Crippen molar-refractivity contribution in [2.45, 2.75) is 32.9 Å². The third-order valence-corrected chi connectivity index (χ3v) is 7.15. The van der Waals surface area contributed by atoms with Crippen molar-refractivity contribution < 1.29 is 14.3 Å². The lowest BCUT2D eigenvalue weighted by Crippen LogP contribution is -2.30. The van der Waals surface area contributed by atoms with Crippen LogP contribution in [0.2, 0.25) is 0 Å². The predicted molar refractivity (Wildman–Crippen MR) is 142 cm³/mol. The van der Waals surface area contributed by atoms with E-state index < -0.39 is 17.9 Å². The number of rotatable bonds is 7. The van der Waals surface area contributed by atoms with Crippen LogP contribution in [-0.2, 0) is 20.9 Å². The van der Waals surface area contributed by atoms with Gasteiger partial charge >= 0.3 is 5.97 Å². The van der Waals surface area contributed by atoms with Crippen molar-refractivity contribution in [3.63, 3.8) is 0 Å². The van der Waals surface area contributed by atoms with E-state index in [0.717, 1.165) is 27.4 Å². The number of nitrogen functional groups attached to an aromatic ring is 1. The van der Waals surface area contributed by atoms with Crippen molar-refractivity contribution in [1.82, 2.24) is 15.0 Å². The zero-order chi connectivity index (χ0) is 25.9. The maximum Gasteiger partial charge on any atom is 0.312 e. The van der Waals surface area contributed by atoms with Crippen LogP contribution in [0.15, 0.2) is 66.0 Å². The Morgan fingerprint density at radius 3 is 2.59 bits per heavy atom. The molecular weight excluding hydrogens is 488 g/mol. The van der Waals surface area contributed by atoms with Crippen LogP contribution in [0.3, 0.4) is 0 Å². The lowest BCUT2D eigenvalue weighted by molar-refractivity contribution is -0.150. The molecule has 2 aromatic carbocycles. The lowest BCUT2D eigenvalue weighted by atomic mass is 9.99. The zero-order valence-corrected chi connectivity index (χ0v) is 21.2. The van der Waals surface area contributed by atoms with Crippen LogP contribution in [0.5, 0.6) is 0 Å². The molecule has 1 aliphatic heterocycles. The molecule has 1 amide bonds. The predicted octanol–water partition coefficient (Wildman–Crippen LogP) is 4.71. The normalized spacial score (nSPS) is 17.1. The van der Waals surface area contributed by atoms with Gasteiger partial charge in [0.05, 0.1) is 12.0 Å². The van der Waals surface area contributed by atoms with Gasteiger partial charge in [-0.3, -0.25) is 9.59 Å². The number of carbonyl (C=O) groups excluding carboxylic acids is 2. The summed E-state index contributed by atoms with van der Waals surface area (Å²) in [7, 11) is 0. The average Bonchev–Trinajstić information content (AvgIpc) is 3.52. The molecule has 0 unspecified atom stereocenters. The first-order chi connectivity index (χ1) is 17.9. The number of anilines is 4. The van der Waals surface area contributed by atoms with Crippen molar-refractivity contribution >= 4 is 46.5 Å². The van der Waals surface area contributed by atoms with Gasteiger partial charge in [-0.25, -0.2) is 0 Å². The molecule has 3 heterocycles. The molecule has 3 N–H and O–H groups in total. The number of nitrogens with zero attached hydrogens (tertiary/aromatic N) is 4. The van der Waals surface area contributed by atoms with E-state index in [4.69, 9.17) is 10.5 Å². The molecule has 0 radical (unpaired) electrons. The Morgan fingerprint density at radius 2 is 1.86 bits per heavy atom. The molecule has 1 fully saturated rings. The molecule has 4 aromatic rings. The summed E-state index contributed by atoms with van der Waals surface area (Å²) in [4.78, 5) is 41.6. The van der Waals surface area contributed by atoms with Crippen LogP contribution >= 0.6 is 11.3 Å². The number of thiophene rings is 1. The number of nitrogens with one attached hydrogen (secondary N) is 1. The number of amides is 1. The van der Waals surface area contributed by atoms with E-state index in [1.807, 2.05) is 79.9 Å². The SMILES string of the molecule is Cc1ccc(N2C(=O)C[C@@H](C(=O)OCc3nc(N)nc(Nc4ccccc4C)n3)[C@@H]2c2cccs2)cc1. The highest BCUT2D eigenvalue weighted by atomic mass is 32.1. The van der Waals surface area contributed by atoms with E-state index in [9.17, 15) is 9.59 Å². The van der Waals surface area contributed by atoms with Crippen molar-refractivity contribution in [2.75, 3.05) is 16.0 Å². The maximum atomic E-state index is 13.3. The molecule has 1 aliphatic rings. The first-order valence-corrected chi connectivity index (χ1v) is 12.7. The highest BCUT2D eigenvalue weighted by molar-refractivity contribution is 7.10. The fraction of sp³-hybridized carbons (Fsp3) is 0.222. The van der Waals surface area contributed by atoms with E-state index >= 15 is 0 Å². The number of aromatic nitrogens is 3. The van der Waals surface area contributed by atoms with Crippen molar-refractivity contribution in [1.29, 1.82) is 0 Å². The molecule has 5 rings (SSSR count). The van der Waals surface area contributed by atoms with Crippen molar-refractivity contribution in [3.8, 4) is 0 Å². The van der Waals surface area contributed by atoms with E-state index in [2.05, 4.69) is 20.3 Å². The van der Waals surface area contributed by atoms with Gasteiger partial charge < -0.3 is 20.7 Å². The third-order valence-electron chi connectivity index (χ3n) is 6.21. The second kappa shape index (κ2) is 10.4. The lowest BCUT2D eigenvalue weighted by Gasteiger charge is -2.27. The summed E-state index contributed by atoms with van der Waals surface area (Å²) in [5.74, 6) is -0.811. The Hall–Kier alpha value is -4.31. The minimum absolute atomic E-state index is 0.00943. The van der Waals surface area contributed by atoms with Crippen LogP contribution in [0, 0.1) is 19.8 Å². The van der Waals surface area contributed by atoms with Gasteiger partial charge in [-0.05, 0) is 49.1 Å². The molecule has 2 atom stereocenters. The Labute approximate surface area is 218 Å². The van der Waals surface area contributed by atoms with Crippen molar-refractivity contribution in [2.24, 2.45) is 5.92 Å². The van der Waals surface area contributed by atoms with Gasteiger partial charge in [-0.1, -0.05) is 42.0 Å². The van der Waals surface area contributed by atoms with Crippen LogP contribution in [0.25, 0.3) is 0 Å². The molecule has 9 nitrogen and oxygen atoms in total. The summed E-state index contributed by atoms with van der Waals surface area (Å²) in [6.07, 6.45) is 0.0503. The zero-order valence-electron chi connectivity index (χ0n) is 20.4.